The number of rotatable bonds is 4. The molecule has 6 heteroatoms. The molecule has 2 unspecified atom stereocenters. The fourth-order valence-electron chi connectivity index (χ4n) is 5.06. The Balaban J connectivity index is 1.28. The van der Waals surface area contributed by atoms with Gasteiger partial charge in [0.1, 0.15) is 12.4 Å². The molecule has 2 aromatic rings. The Morgan fingerprint density at radius 3 is 2.64 bits per heavy atom. The maximum absolute atomic E-state index is 11.1. The van der Waals surface area contributed by atoms with Crippen LogP contribution in [0.5, 0.6) is 5.75 Å². The zero-order valence-electron chi connectivity index (χ0n) is 18.5. The zero-order chi connectivity index (χ0) is 22.8. The number of allylic oxidation sites excluding steroid dienone is 1. The van der Waals surface area contributed by atoms with E-state index in [-0.39, 0.29) is 12.0 Å². The highest BCUT2D eigenvalue weighted by Crippen LogP contribution is 2.40. The van der Waals surface area contributed by atoms with E-state index in [1.807, 2.05) is 54.8 Å². The molecule has 5 rings (SSSR count). The average Bonchev–Trinajstić information content (AvgIpc) is 2.98. The van der Waals surface area contributed by atoms with Gasteiger partial charge in [-0.05, 0) is 66.8 Å². The molecule has 2 atom stereocenters. The van der Waals surface area contributed by atoms with E-state index in [0.717, 1.165) is 55.8 Å². The van der Waals surface area contributed by atoms with Crippen molar-refractivity contribution in [2.24, 2.45) is 10.9 Å². The summed E-state index contributed by atoms with van der Waals surface area (Å²) in [7, 11) is 0. The van der Waals surface area contributed by atoms with Gasteiger partial charge in [-0.1, -0.05) is 47.5 Å². The molecule has 172 valence electrons. The molecule has 3 heterocycles. The predicted molar refractivity (Wildman–Crippen MR) is 135 cm³/mol. The Morgan fingerprint density at radius 1 is 1.09 bits per heavy atom. The maximum atomic E-state index is 11.1. The summed E-state index contributed by atoms with van der Waals surface area (Å²) in [5.74, 6) is 1.06. The molecule has 3 aliphatic rings. The highest BCUT2D eigenvalue weighted by molar-refractivity contribution is 6.31. The van der Waals surface area contributed by atoms with Crippen LogP contribution in [0.15, 0.2) is 65.7 Å². The Kier molecular flexibility index (Phi) is 6.62. The molecule has 0 spiro atoms. The van der Waals surface area contributed by atoms with Crippen LogP contribution >= 0.6 is 23.2 Å². The van der Waals surface area contributed by atoms with E-state index in [2.05, 4.69) is 22.0 Å². The summed E-state index contributed by atoms with van der Waals surface area (Å²) < 4.78 is 6.08. The molecule has 0 aromatic heterocycles. The first-order valence-electron chi connectivity index (χ1n) is 11.6. The van der Waals surface area contributed by atoms with Crippen molar-refractivity contribution in [1.82, 2.24) is 4.90 Å². The van der Waals surface area contributed by atoms with Gasteiger partial charge >= 0.3 is 0 Å². The first-order valence-corrected chi connectivity index (χ1v) is 12.3. The largest absolute Gasteiger partial charge is 0.491 e. The molecular formula is C27H28Cl2N2O2. The third-order valence-corrected chi connectivity index (χ3v) is 7.48. The predicted octanol–water partition coefficient (Wildman–Crippen LogP) is 5.77. The summed E-state index contributed by atoms with van der Waals surface area (Å²) in [5, 5.41) is 12.6. The molecule has 1 fully saturated rings. The lowest BCUT2D eigenvalue weighted by atomic mass is 9.84. The van der Waals surface area contributed by atoms with Gasteiger partial charge < -0.3 is 14.7 Å². The SMILES string of the molecule is OC1(c2ccc(Cl)cc2)CCN(CC/C=C2/c3cc(Cl)ccc3OCC3N=CC=CC23)CC1. The van der Waals surface area contributed by atoms with E-state index in [0.29, 0.717) is 16.7 Å². The highest BCUT2D eigenvalue weighted by atomic mass is 35.5. The second kappa shape index (κ2) is 9.63. The van der Waals surface area contributed by atoms with Crippen molar-refractivity contribution in [3.63, 3.8) is 0 Å². The number of nitrogens with zero attached hydrogens (tertiary/aromatic N) is 2. The Labute approximate surface area is 205 Å². The normalized spacial score (nSPS) is 25.2. The number of ether oxygens (including phenoxy) is 1. The average molecular weight is 483 g/mol. The number of likely N-dealkylation sites (tertiary alicyclic amines) is 1. The van der Waals surface area contributed by atoms with Crippen molar-refractivity contribution in [3.05, 3.63) is 81.9 Å². The highest BCUT2D eigenvalue weighted by Gasteiger charge is 2.34. The van der Waals surface area contributed by atoms with Crippen molar-refractivity contribution in [1.29, 1.82) is 0 Å². The lowest BCUT2D eigenvalue weighted by molar-refractivity contribution is -0.0254. The van der Waals surface area contributed by atoms with Crippen LogP contribution in [0, 0.1) is 5.92 Å². The molecule has 0 bridgehead atoms. The third-order valence-electron chi connectivity index (χ3n) is 6.99. The van der Waals surface area contributed by atoms with Crippen molar-refractivity contribution in [2.45, 2.75) is 30.9 Å². The standard InChI is InChI=1S/C27H28Cl2N2O2/c28-20-7-5-19(6-8-20)27(32)11-15-31(16-12-27)14-2-4-22-23-3-1-13-30-25(23)18-33-26-10-9-21(29)17-24(22)26/h1,3-10,13,17,23,25,32H,2,11-12,14-16,18H2/b22-4+. The molecule has 0 radical (unpaired) electrons. The Morgan fingerprint density at radius 2 is 1.85 bits per heavy atom. The first kappa shape index (κ1) is 22.7. The molecule has 33 heavy (non-hydrogen) atoms. The van der Waals surface area contributed by atoms with Crippen molar-refractivity contribution in [3.8, 4) is 5.75 Å². The van der Waals surface area contributed by atoms with Gasteiger partial charge in [-0.15, -0.1) is 0 Å². The van der Waals surface area contributed by atoms with Crippen LogP contribution in [0.3, 0.4) is 0 Å². The fourth-order valence-corrected chi connectivity index (χ4v) is 5.36. The van der Waals surface area contributed by atoms with Crippen LogP contribution in [-0.2, 0) is 5.60 Å². The van der Waals surface area contributed by atoms with Gasteiger partial charge in [0.05, 0.1) is 11.6 Å². The van der Waals surface area contributed by atoms with E-state index in [1.165, 1.54) is 5.57 Å². The molecule has 0 amide bonds. The number of aliphatic hydroxyl groups is 1. The summed E-state index contributed by atoms with van der Waals surface area (Å²) in [6.07, 6.45) is 10.8. The molecule has 2 aromatic carbocycles. The number of piperidine rings is 1. The van der Waals surface area contributed by atoms with Gasteiger partial charge in [0, 0.05) is 47.4 Å². The van der Waals surface area contributed by atoms with Crippen LogP contribution in [0.25, 0.3) is 5.57 Å². The zero-order valence-corrected chi connectivity index (χ0v) is 20.0. The Bertz CT molecular complexity index is 1090. The lowest BCUT2D eigenvalue weighted by Crippen LogP contribution is -2.42. The van der Waals surface area contributed by atoms with E-state index >= 15 is 0 Å². The van der Waals surface area contributed by atoms with Crippen molar-refractivity contribution < 1.29 is 9.84 Å². The van der Waals surface area contributed by atoms with Gasteiger partial charge in [0.15, 0.2) is 0 Å². The monoisotopic (exact) mass is 482 g/mol. The van der Waals surface area contributed by atoms with Crippen LogP contribution in [0.2, 0.25) is 10.0 Å². The van der Waals surface area contributed by atoms with E-state index in [9.17, 15) is 5.11 Å². The number of dihydropyridines is 1. The second-order valence-corrected chi connectivity index (χ2v) is 9.93. The molecule has 3 aliphatic heterocycles. The summed E-state index contributed by atoms with van der Waals surface area (Å²) in [4.78, 5) is 7.09. The molecule has 4 nitrogen and oxygen atoms in total. The van der Waals surface area contributed by atoms with Gasteiger partial charge in [0.25, 0.3) is 0 Å². The number of hydrogen-bond acceptors (Lipinski definition) is 4. The summed E-state index contributed by atoms with van der Waals surface area (Å²) in [6.45, 7) is 3.24. The number of halogens is 2. The minimum atomic E-state index is -0.772. The topological polar surface area (TPSA) is 45.1 Å². The first-order chi connectivity index (χ1) is 16.0. The third kappa shape index (κ3) is 4.90. The van der Waals surface area contributed by atoms with E-state index < -0.39 is 5.60 Å². The second-order valence-electron chi connectivity index (χ2n) is 9.06. The molecule has 0 aliphatic carbocycles. The minimum absolute atomic E-state index is 0.0804. The van der Waals surface area contributed by atoms with E-state index in [4.69, 9.17) is 27.9 Å². The quantitative estimate of drug-likeness (QED) is 0.601. The number of hydrogen-bond donors (Lipinski definition) is 1. The molecule has 0 saturated carbocycles. The lowest BCUT2D eigenvalue weighted by Gasteiger charge is -2.38. The van der Waals surface area contributed by atoms with Gasteiger partial charge in [0.2, 0.25) is 0 Å². The van der Waals surface area contributed by atoms with Crippen LogP contribution < -0.4 is 4.74 Å². The molecule has 1 N–H and O–H groups in total. The number of benzene rings is 2. The van der Waals surface area contributed by atoms with Crippen LogP contribution in [0.4, 0.5) is 0 Å². The van der Waals surface area contributed by atoms with Crippen LogP contribution in [0.1, 0.15) is 30.4 Å². The van der Waals surface area contributed by atoms with Gasteiger partial charge in [-0.3, -0.25) is 4.99 Å². The molecule has 1 saturated heterocycles. The fraction of sp³-hybridized carbons (Fsp3) is 0.370. The van der Waals surface area contributed by atoms with Gasteiger partial charge in [-0.25, -0.2) is 0 Å². The van der Waals surface area contributed by atoms with Gasteiger partial charge in [-0.2, -0.15) is 0 Å². The van der Waals surface area contributed by atoms with Crippen molar-refractivity contribution >= 4 is 35.0 Å². The van der Waals surface area contributed by atoms with Crippen LogP contribution in [-0.4, -0.2) is 48.5 Å². The smallest absolute Gasteiger partial charge is 0.127 e. The summed E-state index contributed by atoms with van der Waals surface area (Å²) in [5.41, 5.74) is 2.48. The number of aliphatic imine (C=N–C) groups is 1. The summed E-state index contributed by atoms with van der Waals surface area (Å²) >= 11 is 12.4. The van der Waals surface area contributed by atoms with E-state index in [1.54, 1.807) is 0 Å². The molecular weight excluding hydrogens is 455 g/mol. The number of fused-ring (bicyclic) bond motifs is 2. The minimum Gasteiger partial charge on any atom is -0.491 e. The van der Waals surface area contributed by atoms with Crippen molar-refractivity contribution in [2.75, 3.05) is 26.2 Å². The summed E-state index contributed by atoms with van der Waals surface area (Å²) in [6, 6.07) is 13.5. The Hall–Kier alpha value is -2.11. The maximum Gasteiger partial charge on any atom is 0.127 e.